The van der Waals surface area contributed by atoms with Crippen molar-refractivity contribution in [3.05, 3.63) is 29.8 Å². The van der Waals surface area contributed by atoms with Gasteiger partial charge < -0.3 is 25.2 Å². The lowest BCUT2D eigenvalue weighted by Gasteiger charge is -2.35. The van der Waals surface area contributed by atoms with Crippen LogP contribution in [0.4, 0.5) is 5.69 Å². The molecule has 2 fully saturated rings. The van der Waals surface area contributed by atoms with E-state index in [-0.39, 0.29) is 12.5 Å². The standard InChI is InChI=1S/C22H35N5O2/c1-17-6-8-20(9-7-17)27-11-4-5-19(15-27)25-22(24-14-21(28)26(2)3)23-13-18-10-12-29-16-18/h6-9,18-19H,4-5,10-16H2,1-3H3,(H2,23,24,25). The second-order valence-electron chi connectivity index (χ2n) is 8.33. The van der Waals surface area contributed by atoms with Crippen LogP contribution in [-0.2, 0) is 9.53 Å². The number of likely N-dealkylation sites (N-methyl/N-ethyl adjacent to an activating group) is 1. The van der Waals surface area contributed by atoms with Gasteiger partial charge in [0.1, 0.15) is 6.54 Å². The van der Waals surface area contributed by atoms with Crippen molar-refractivity contribution in [2.24, 2.45) is 10.9 Å². The van der Waals surface area contributed by atoms with Crippen molar-refractivity contribution in [3.8, 4) is 0 Å². The molecule has 2 aliphatic rings. The van der Waals surface area contributed by atoms with Crippen molar-refractivity contribution in [2.75, 3.05) is 58.4 Å². The molecule has 1 aromatic carbocycles. The van der Waals surface area contributed by atoms with Crippen LogP contribution in [0, 0.1) is 12.8 Å². The Labute approximate surface area is 174 Å². The maximum absolute atomic E-state index is 12.0. The highest BCUT2D eigenvalue weighted by Gasteiger charge is 2.22. The number of amides is 1. The van der Waals surface area contributed by atoms with E-state index in [1.165, 1.54) is 11.3 Å². The van der Waals surface area contributed by atoms with Gasteiger partial charge in [-0.05, 0) is 38.3 Å². The number of nitrogens with one attached hydrogen (secondary N) is 2. The SMILES string of the molecule is Cc1ccc(N2CCCC(NC(=NCC(=O)N(C)C)NCC3CCOC3)C2)cc1. The molecule has 0 aliphatic carbocycles. The predicted octanol–water partition coefficient (Wildman–Crippen LogP) is 1.62. The highest BCUT2D eigenvalue weighted by Crippen LogP contribution is 2.20. The number of nitrogens with zero attached hydrogens (tertiary/aromatic N) is 3. The molecular weight excluding hydrogens is 366 g/mol. The zero-order valence-corrected chi connectivity index (χ0v) is 18.0. The average Bonchev–Trinajstić information content (AvgIpc) is 3.24. The number of guanidine groups is 1. The van der Waals surface area contributed by atoms with Gasteiger partial charge in [0.2, 0.25) is 5.91 Å². The quantitative estimate of drug-likeness (QED) is 0.560. The zero-order chi connectivity index (χ0) is 20.6. The van der Waals surface area contributed by atoms with E-state index in [1.807, 2.05) is 0 Å². The van der Waals surface area contributed by atoms with Crippen LogP contribution in [0.2, 0.25) is 0 Å². The number of anilines is 1. The minimum atomic E-state index is 0.000209. The first-order chi connectivity index (χ1) is 14.0. The van der Waals surface area contributed by atoms with Crippen molar-refractivity contribution in [2.45, 2.75) is 32.2 Å². The fourth-order valence-electron chi connectivity index (χ4n) is 3.70. The Bertz CT molecular complexity index is 683. The van der Waals surface area contributed by atoms with Crippen LogP contribution in [0.3, 0.4) is 0 Å². The Kier molecular flexibility index (Phi) is 7.75. The third-order valence-electron chi connectivity index (χ3n) is 5.61. The maximum atomic E-state index is 12.0. The van der Waals surface area contributed by atoms with Crippen molar-refractivity contribution < 1.29 is 9.53 Å². The number of ether oxygens (including phenoxy) is 1. The Balaban J connectivity index is 1.60. The summed E-state index contributed by atoms with van der Waals surface area (Å²) in [5.74, 6) is 1.23. The van der Waals surface area contributed by atoms with E-state index >= 15 is 0 Å². The first-order valence-corrected chi connectivity index (χ1v) is 10.7. The fourth-order valence-corrected chi connectivity index (χ4v) is 3.70. The molecule has 7 heteroatoms. The number of benzene rings is 1. The molecule has 2 unspecified atom stereocenters. The van der Waals surface area contributed by atoms with Crippen LogP contribution >= 0.6 is 0 Å². The first-order valence-electron chi connectivity index (χ1n) is 10.7. The molecule has 1 aromatic rings. The van der Waals surface area contributed by atoms with Crippen molar-refractivity contribution in [1.82, 2.24) is 15.5 Å². The number of hydrogen-bond acceptors (Lipinski definition) is 4. The lowest BCUT2D eigenvalue weighted by molar-refractivity contribution is -0.127. The van der Waals surface area contributed by atoms with Gasteiger partial charge in [-0.15, -0.1) is 0 Å². The van der Waals surface area contributed by atoms with E-state index in [2.05, 4.69) is 51.7 Å². The fraction of sp³-hybridized carbons (Fsp3) is 0.636. The van der Waals surface area contributed by atoms with Gasteiger partial charge in [-0.25, -0.2) is 4.99 Å². The molecule has 0 radical (unpaired) electrons. The highest BCUT2D eigenvalue weighted by atomic mass is 16.5. The highest BCUT2D eigenvalue weighted by molar-refractivity contribution is 5.85. The second kappa shape index (κ2) is 10.5. The van der Waals surface area contributed by atoms with Crippen LogP contribution in [0.5, 0.6) is 0 Å². The number of aryl methyl sites for hydroxylation is 1. The van der Waals surface area contributed by atoms with E-state index in [4.69, 9.17) is 4.74 Å². The number of hydrogen-bond donors (Lipinski definition) is 2. The van der Waals surface area contributed by atoms with Crippen LogP contribution in [0.15, 0.2) is 29.3 Å². The smallest absolute Gasteiger partial charge is 0.243 e. The van der Waals surface area contributed by atoms with Gasteiger partial charge in [-0.3, -0.25) is 4.79 Å². The Morgan fingerprint density at radius 1 is 1.28 bits per heavy atom. The van der Waals surface area contributed by atoms with Crippen LogP contribution in [0.25, 0.3) is 0 Å². The molecule has 0 saturated carbocycles. The third-order valence-corrected chi connectivity index (χ3v) is 5.61. The molecule has 160 valence electrons. The monoisotopic (exact) mass is 401 g/mol. The second-order valence-corrected chi connectivity index (χ2v) is 8.33. The summed E-state index contributed by atoms with van der Waals surface area (Å²) in [6, 6.07) is 9.02. The molecule has 2 heterocycles. The number of rotatable bonds is 6. The van der Waals surface area contributed by atoms with E-state index < -0.39 is 0 Å². The summed E-state index contributed by atoms with van der Waals surface area (Å²) in [5.41, 5.74) is 2.54. The summed E-state index contributed by atoms with van der Waals surface area (Å²) in [5, 5.41) is 7.01. The number of piperidine rings is 1. The molecule has 3 rings (SSSR count). The molecule has 2 saturated heterocycles. The Hall–Kier alpha value is -2.28. The summed E-state index contributed by atoms with van der Waals surface area (Å²) in [4.78, 5) is 20.6. The summed E-state index contributed by atoms with van der Waals surface area (Å²) >= 11 is 0. The lowest BCUT2D eigenvalue weighted by Crippen LogP contribution is -2.52. The summed E-state index contributed by atoms with van der Waals surface area (Å²) in [6.45, 7) is 6.70. The van der Waals surface area contributed by atoms with Gasteiger partial charge >= 0.3 is 0 Å². The van der Waals surface area contributed by atoms with Crippen LogP contribution in [-0.4, -0.2) is 76.3 Å². The maximum Gasteiger partial charge on any atom is 0.243 e. The largest absolute Gasteiger partial charge is 0.381 e. The zero-order valence-electron chi connectivity index (χ0n) is 18.0. The number of carbonyl (C=O) groups excluding carboxylic acids is 1. The van der Waals surface area contributed by atoms with E-state index in [9.17, 15) is 4.79 Å². The molecule has 2 N–H and O–H groups in total. The topological polar surface area (TPSA) is 69.2 Å². The molecule has 29 heavy (non-hydrogen) atoms. The van der Waals surface area contributed by atoms with E-state index in [1.54, 1.807) is 19.0 Å². The van der Waals surface area contributed by atoms with Crippen LogP contribution in [0.1, 0.15) is 24.8 Å². The van der Waals surface area contributed by atoms with Gasteiger partial charge in [0.05, 0.1) is 6.61 Å². The molecule has 0 aromatic heterocycles. The lowest BCUT2D eigenvalue weighted by atomic mass is 10.0. The summed E-state index contributed by atoms with van der Waals surface area (Å²) < 4.78 is 5.47. The average molecular weight is 402 g/mol. The first kappa shape index (κ1) is 21.4. The van der Waals surface area contributed by atoms with Gasteiger partial charge in [0.25, 0.3) is 0 Å². The molecule has 2 atom stereocenters. The normalized spacial score (nSPS) is 22.4. The van der Waals surface area contributed by atoms with Gasteiger partial charge in [0.15, 0.2) is 5.96 Å². The summed E-state index contributed by atoms with van der Waals surface area (Å²) in [7, 11) is 3.52. The predicted molar refractivity (Wildman–Crippen MR) is 117 cm³/mol. The number of aliphatic imine (C=N–C) groups is 1. The molecule has 7 nitrogen and oxygen atoms in total. The summed E-state index contributed by atoms with van der Waals surface area (Å²) in [6.07, 6.45) is 3.30. The van der Waals surface area contributed by atoms with Crippen molar-refractivity contribution in [1.29, 1.82) is 0 Å². The van der Waals surface area contributed by atoms with E-state index in [0.717, 1.165) is 58.1 Å². The molecule has 0 bridgehead atoms. The van der Waals surface area contributed by atoms with Crippen molar-refractivity contribution in [3.63, 3.8) is 0 Å². The molecule has 0 spiro atoms. The van der Waals surface area contributed by atoms with Crippen molar-refractivity contribution >= 4 is 17.6 Å². The Morgan fingerprint density at radius 3 is 2.76 bits per heavy atom. The third kappa shape index (κ3) is 6.63. The molecule has 2 aliphatic heterocycles. The minimum absolute atomic E-state index is 0.000209. The van der Waals surface area contributed by atoms with Gasteiger partial charge in [0, 0.05) is 58.0 Å². The molecular formula is C22H35N5O2. The minimum Gasteiger partial charge on any atom is -0.381 e. The number of carbonyl (C=O) groups is 1. The Morgan fingerprint density at radius 2 is 2.07 bits per heavy atom. The van der Waals surface area contributed by atoms with E-state index in [0.29, 0.717) is 12.0 Å². The van der Waals surface area contributed by atoms with Gasteiger partial charge in [-0.2, -0.15) is 0 Å². The van der Waals surface area contributed by atoms with Gasteiger partial charge in [-0.1, -0.05) is 17.7 Å². The van der Waals surface area contributed by atoms with Crippen LogP contribution < -0.4 is 15.5 Å². The molecule has 1 amide bonds.